The molecule has 0 spiro atoms. The van der Waals surface area contributed by atoms with E-state index >= 15 is 0 Å². The second-order valence-electron chi connectivity index (χ2n) is 6.19. The lowest BCUT2D eigenvalue weighted by Crippen LogP contribution is -2.56. The summed E-state index contributed by atoms with van der Waals surface area (Å²) in [6.45, 7) is 8.58. The molecule has 1 aliphatic rings. The van der Waals surface area contributed by atoms with Crippen LogP contribution in [0.5, 0.6) is 0 Å². The standard InChI is InChI=1S/C17H28N2/c1-4-19(16-7-5-6-15(3)12-16)17(13-18)10-8-14(2)9-11-17/h5-7,12,14H,4,8-11,13,18H2,1-3H3. The minimum atomic E-state index is 0.176. The quantitative estimate of drug-likeness (QED) is 0.894. The van der Waals surface area contributed by atoms with Crippen LogP contribution in [0, 0.1) is 12.8 Å². The molecule has 0 radical (unpaired) electrons. The third-order valence-electron chi connectivity index (χ3n) is 4.79. The van der Waals surface area contributed by atoms with Crippen molar-refractivity contribution >= 4 is 5.69 Å². The van der Waals surface area contributed by atoms with E-state index in [0.717, 1.165) is 19.0 Å². The number of hydrogen-bond acceptors (Lipinski definition) is 2. The molecule has 1 saturated carbocycles. The third kappa shape index (κ3) is 2.94. The maximum absolute atomic E-state index is 6.19. The lowest BCUT2D eigenvalue weighted by atomic mass is 9.75. The van der Waals surface area contributed by atoms with Crippen molar-refractivity contribution in [1.29, 1.82) is 0 Å². The first kappa shape index (κ1) is 14.4. The molecular weight excluding hydrogens is 232 g/mol. The summed E-state index contributed by atoms with van der Waals surface area (Å²) in [5.41, 5.74) is 9.03. The second kappa shape index (κ2) is 5.96. The molecular formula is C17H28N2. The van der Waals surface area contributed by atoms with Gasteiger partial charge in [0.1, 0.15) is 0 Å². The Morgan fingerprint density at radius 3 is 2.53 bits per heavy atom. The van der Waals surface area contributed by atoms with E-state index in [4.69, 9.17) is 5.73 Å². The van der Waals surface area contributed by atoms with E-state index in [1.54, 1.807) is 0 Å². The molecule has 2 nitrogen and oxygen atoms in total. The van der Waals surface area contributed by atoms with Gasteiger partial charge in [-0.3, -0.25) is 0 Å². The first-order valence-corrected chi connectivity index (χ1v) is 7.65. The van der Waals surface area contributed by atoms with Gasteiger partial charge in [0.25, 0.3) is 0 Å². The van der Waals surface area contributed by atoms with Gasteiger partial charge in [-0.1, -0.05) is 19.1 Å². The number of anilines is 1. The first-order chi connectivity index (χ1) is 9.11. The van der Waals surface area contributed by atoms with Crippen LogP contribution >= 0.6 is 0 Å². The van der Waals surface area contributed by atoms with E-state index in [0.29, 0.717) is 0 Å². The molecule has 0 unspecified atom stereocenters. The highest BCUT2D eigenvalue weighted by Crippen LogP contribution is 2.38. The van der Waals surface area contributed by atoms with Crippen molar-refractivity contribution in [3.05, 3.63) is 29.8 Å². The molecule has 2 N–H and O–H groups in total. The molecule has 0 bridgehead atoms. The number of nitrogens with two attached hydrogens (primary N) is 1. The minimum Gasteiger partial charge on any atom is -0.365 e. The molecule has 2 heteroatoms. The van der Waals surface area contributed by atoms with Gasteiger partial charge in [-0.2, -0.15) is 0 Å². The van der Waals surface area contributed by atoms with Gasteiger partial charge in [-0.25, -0.2) is 0 Å². The van der Waals surface area contributed by atoms with E-state index in [9.17, 15) is 0 Å². The highest BCUT2D eigenvalue weighted by Gasteiger charge is 2.37. The SMILES string of the molecule is CCN(c1cccc(C)c1)C1(CN)CCC(C)CC1. The highest BCUT2D eigenvalue weighted by molar-refractivity contribution is 5.51. The summed E-state index contributed by atoms with van der Waals surface area (Å²) in [4.78, 5) is 2.55. The lowest BCUT2D eigenvalue weighted by molar-refractivity contribution is 0.237. The van der Waals surface area contributed by atoms with Crippen molar-refractivity contribution in [2.24, 2.45) is 11.7 Å². The van der Waals surface area contributed by atoms with Gasteiger partial charge in [-0.05, 0) is 63.1 Å². The lowest BCUT2D eigenvalue weighted by Gasteiger charge is -2.48. The third-order valence-corrected chi connectivity index (χ3v) is 4.79. The number of rotatable bonds is 4. The summed E-state index contributed by atoms with van der Waals surface area (Å²) in [6.07, 6.45) is 5.07. The van der Waals surface area contributed by atoms with E-state index < -0.39 is 0 Å². The van der Waals surface area contributed by atoms with Crippen LogP contribution in [-0.2, 0) is 0 Å². The zero-order chi connectivity index (χ0) is 13.9. The molecule has 0 heterocycles. The van der Waals surface area contributed by atoms with Crippen molar-refractivity contribution in [2.75, 3.05) is 18.0 Å². The maximum Gasteiger partial charge on any atom is 0.0524 e. The molecule has 19 heavy (non-hydrogen) atoms. The zero-order valence-electron chi connectivity index (χ0n) is 12.7. The predicted octanol–water partition coefficient (Wildman–Crippen LogP) is 3.73. The van der Waals surface area contributed by atoms with Gasteiger partial charge in [0.05, 0.1) is 5.54 Å². The fourth-order valence-electron chi connectivity index (χ4n) is 3.47. The van der Waals surface area contributed by atoms with Gasteiger partial charge in [0.2, 0.25) is 0 Å². The molecule has 106 valence electrons. The molecule has 0 aliphatic heterocycles. The average Bonchev–Trinajstić information content (AvgIpc) is 2.42. The molecule has 1 aliphatic carbocycles. The smallest absolute Gasteiger partial charge is 0.0524 e. The van der Waals surface area contributed by atoms with Crippen LogP contribution in [0.1, 0.15) is 45.1 Å². The molecule has 0 atom stereocenters. The van der Waals surface area contributed by atoms with E-state index in [-0.39, 0.29) is 5.54 Å². The first-order valence-electron chi connectivity index (χ1n) is 7.65. The Morgan fingerprint density at radius 2 is 2.00 bits per heavy atom. The van der Waals surface area contributed by atoms with Gasteiger partial charge in [0.15, 0.2) is 0 Å². The van der Waals surface area contributed by atoms with Gasteiger partial charge >= 0.3 is 0 Å². The fraction of sp³-hybridized carbons (Fsp3) is 0.647. The Kier molecular flexibility index (Phi) is 4.51. The summed E-state index contributed by atoms with van der Waals surface area (Å²) in [6, 6.07) is 8.84. The summed E-state index contributed by atoms with van der Waals surface area (Å²) < 4.78 is 0. The van der Waals surface area contributed by atoms with Crippen LogP contribution in [0.15, 0.2) is 24.3 Å². The Hall–Kier alpha value is -1.02. The summed E-state index contributed by atoms with van der Waals surface area (Å²) >= 11 is 0. The number of aryl methyl sites for hydroxylation is 1. The second-order valence-corrected chi connectivity index (χ2v) is 6.19. The van der Waals surface area contributed by atoms with Crippen molar-refractivity contribution in [1.82, 2.24) is 0 Å². The van der Waals surface area contributed by atoms with Crippen LogP contribution in [0.2, 0.25) is 0 Å². The Balaban J connectivity index is 2.28. The normalized spacial score (nSPS) is 27.3. The van der Waals surface area contributed by atoms with Crippen LogP contribution in [-0.4, -0.2) is 18.6 Å². The summed E-state index contributed by atoms with van der Waals surface area (Å²) in [7, 11) is 0. The van der Waals surface area contributed by atoms with Crippen molar-refractivity contribution in [3.63, 3.8) is 0 Å². The van der Waals surface area contributed by atoms with Gasteiger partial charge < -0.3 is 10.6 Å². The average molecular weight is 260 g/mol. The van der Waals surface area contributed by atoms with Crippen molar-refractivity contribution in [2.45, 2.75) is 52.0 Å². The molecule has 0 amide bonds. The van der Waals surface area contributed by atoms with E-state index in [1.165, 1.54) is 36.9 Å². The molecule has 0 aromatic heterocycles. The Labute approximate surface area is 118 Å². The maximum atomic E-state index is 6.19. The molecule has 1 fully saturated rings. The van der Waals surface area contributed by atoms with Crippen LogP contribution < -0.4 is 10.6 Å². The largest absolute Gasteiger partial charge is 0.365 e. The van der Waals surface area contributed by atoms with Crippen LogP contribution in [0.25, 0.3) is 0 Å². The van der Waals surface area contributed by atoms with Crippen molar-refractivity contribution < 1.29 is 0 Å². The molecule has 2 rings (SSSR count). The highest BCUT2D eigenvalue weighted by atomic mass is 15.2. The van der Waals surface area contributed by atoms with Gasteiger partial charge in [0, 0.05) is 18.8 Å². The minimum absolute atomic E-state index is 0.176. The molecule has 1 aromatic rings. The van der Waals surface area contributed by atoms with Crippen LogP contribution in [0.4, 0.5) is 5.69 Å². The Bertz CT molecular complexity index is 405. The van der Waals surface area contributed by atoms with E-state index in [1.807, 2.05) is 0 Å². The fourth-order valence-corrected chi connectivity index (χ4v) is 3.47. The number of nitrogens with zero attached hydrogens (tertiary/aromatic N) is 1. The number of hydrogen-bond donors (Lipinski definition) is 1. The monoisotopic (exact) mass is 260 g/mol. The van der Waals surface area contributed by atoms with E-state index in [2.05, 4.69) is 49.9 Å². The summed E-state index contributed by atoms with van der Waals surface area (Å²) in [5.74, 6) is 0.857. The predicted molar refractivity (Wildman–Crippen MR) is 83.6 cm³/mol. The summed E-state index contributed by atoms with van der Waals surface area (Å²) in [5, 5.41) is 0. The zero-order valence-corrected chi connectivity index (χ0v) is 12.7. The van der Waals surface area contributed by atoms with Crippen molar-refractivity contribution in [3.8, 4) is 0 Å². The van der Waals surface area contributed by atoms with Crippen LogP contribution in [0.3, 0.4) is 0 Å². The number of likely N-dealkylation sites (N-methyl/N-ethyl adjacent to an activating group) is 1. The van der Waals surface area contributed by atoms with Gasteiger partial charge in [-0.15, -0.1) is 0 Å². The Morgan fingerprint density at radius 1 is 1.32 bits per heavy atom. The molecule has 1 aromatic carbocycles. The number of benzene rings is 1. The topological polar surface area (TPSA) is 29.3 Å². The molecule has 0 saturated heterocycles.